The minimum Gasteiger partial charge on any atom is -0.440 e. The molecule has 3 amide bonds. The highest BCUT2D eigenvalue weighted by atomic mass is 32.2. The number of quaternary nitrogens is 1. The van der Waals surface area contributed by atoms with Gasteiger partial charge in [-0.2, -0.15) is 9.28 Å². The predicted octanol–water partition coefficient (Wildman–Crippen LogP) is 1.44. The first-order chi connectivity index (χ1) is 10.6. The number of carbonyl (C=O) groups excluding carboxylic acids is 3. The molecule has 1 rings (SSSR count). The van der Waals surface area contributed by atoms with E-state index in [1.807, 2.05) is 0 Å². The molecule has 8 nitrogen and oxygen atoms in total. The number of rotatable bonds is 4. The lowest BCUT2D eigenvalue weighted by molar-refractivity contribution is -0.795. The van der Waals surface area contributed by atoms with Crippen LogP contribution >= 0.6 is 11.8 Å². The first kappa shape index (κ1) is 19.4. The molecule has 1 unspecified atom stereocenters. The van der Waals surface area contributed by atoms with Crippen molar-refractivity contribution < 1.29 is 33.5 Å². The highest BCUT2D eigenvalue weighted by molar-refractivity contribution is 8.13. The van der Waals surface area contributed by atoms with Crippen LogP contribution in [0.4, 0.5) is 9.59 Å². The van der Waals surface area contributed by atoms with Crippen LogP contribution in [0, 0.1) is 5.92 Å². The fourth-order valence-corrected chi connectivity index (χ4v) is 3.43. The van der Waals surface area contributed by atoms with Crippen molar-refractivity contribution in [2.45, 2.75) is 39.3 Å². The molecule has 0 aromatic rings. The second-order valence-electron chi connectivity index (χ2n) is 5.74. The van der Waals surface area contributed by atoms with Crippen LogP contribution in [-0.4, -0.2) is 64.3 Å². The molecule has 0 radical (unpaired) electrons. The number of thioether (sulfide) groups is 1. The molecule has 1 aliphatic heterocycles. The number of ether oxygens (including phenoxy) is 1. The van der Waals surface area contributed by atoms with Crippen molar-refractivity contribution in [3.05, 3.63) is 0 Å². The van der Waals surface area contributed by atoms with Crippen LogP contribution in [0.25, 0.3) is 0 Å². The summed E-state index contributed by atoms with van der Waals surface area (Å²) in [5.41, 5.74) is 0. The van der Waals surface area contributed by atoms with Crippen molar-refractivity contribution >= 4 is 35.0 Å². The van der Waals surface area contributed by atoms with Gasteiger partial charge in [-0.05, 0) is 13.8 Å². The Balaban J connectivity index is 2.94. The van der Waals surface area contributed by atoms with Crippen molar-refractivity contribution in [3.8, 4) is 0 Å². The van der Waals surface area contributed by atoms with Gasteiger partial charge in [-0.15, -0.1) is 0 Å². The van der Waals surface area contributed by atoms with Crippen LogP contribution in [0.1, 0.15) is 27.2 Å². The number of carboxylic acid groups (broad SMARTS) is 1. The Morgan fingerprint density at radius 2 is 2.00 bits per heavy atom. The first-order valence-corrected chi connectivity index (χ1v) is 8.31. The molecule has 9 heteroatoms. The van der Waals surface area contributed by atoms with Gasteiger partial charge in [0, 0.05) is 26.1 Å². The van der Waals surface area contributed by atoms with E-state index in [1.54, 1.807) is 13.8 Å². The van der Waals surface area contributed by atoms with Crippen molar-refractivity contribution in [2.24, 2.45) is 5.92 Å². The molecule has 1 saturated heterocycles. The van der Waals surface area contributed by atoms with E-state index < -0.39 is 40.6 Å². The predicted molar refractivity (Wildman–Crippen MR) is 83.9 cm³/mol. The molecule has 0 bridgehead atoms. The summed E-state index contributed by atoms with van der Waals surface area (Å²) in [6.45, 7) is 4.57. The Labute approximate surface area is 139 Å². The fraction of sp³-hybridized carbons (Fsp3) is 0.714. The van der Waals surface area contributed by atoms with E-state index in [0.717, 1.165) is 11.8 Å². The van der Waals surface area contributed by atoms with Gasteiger partial charge in [0.15, 0.2) is 11.2 Å². The quantitative estimate of drug-likeness (QED) is 0.740. The van der Waals surface area contributed by atoms with Crippen LogP contribution in [0.2, 0.25) is 0 Å². The zero-order valence-corrected chi connectivity index (χ0v) is 14.5. The molecule has 1 fully saturated rings. The van der Waals surface area contributed by atoms with Gasteiger partial charge in [0.1, 0.15) is 12.6 Å². The minimum absolute atomic E-state index is 0.0994. The van der Waals surface area contributed by atoms with E-state index in [2.05, 4.69) is 5.32 Å². The monoisotopic (exact) mass is 347 g/mol. The van der Waals surface area contributed by atoms with E-state index in [0.29, 0.717) is 0 Å². The number of imide groups is 1. The number of carbonyl (C=O) groups is 4. The number of hydrogen-bond donors (Lipinski definition) is 2. The maximum Gasteiger partial charge on any atom is 0.521 e. The van der Waals surface area contributed by atoms with Crippen molar-refractivity contribution in [1.82, 2.24) is 5.32 Å². The third-order valence-corrected chi connectivity index (χ3v) is 5.09. The van der Waals surface area contributed by atoms with Gasteiger partial charge in [0.25, 0.3) is 0 Å². The lowest BCUT2D eigenvalue weighted by atomic mass is 10.1. The Bertz CT molecular complexity index is 511. The molecule has 0 aliphatic carbocycles. The standard InChI is InChI=1S/C14H22N2O6S/c1-8(7-23-10(3)17)12(18)16(14(20)21)6-11(5-9(16)2)22-13(19)15-4/h8-9,11H,5-7H2,1-4H3,(H-,15,19,20,21)/p+1/t8?,9-,11-,16-/m1/s1. The molecule has 0 saturated carbocycles. The molecule has 0 aromatic carbocycles. The number of alkyl carbamates (subject to hydrolysis) is 1. The zero-order valence-electron chi connectivity index (χ0n) is 13.7. The van der Waals surface area contributed by atoms with Gasteiger partial charge in [-0.1, -0.05) is 11.8 Å². The molecule has 23 heavy (non-hydrogen) atoms. The summed E-state index contributed by atoms with van der Waals surface area (Å²) < 4.78 is 4.35. The maximum absolute atomic E-state index is 12.7. The fourth-order valence-electron chi connectivity index (χ4n) is 2.81. The lowest BCUT2D eigenvalue weighted by Gasteiger charge is -2.31. The largest absolute Gasteiger partial charge is 0.521 e. The highest BCUT2D eigenvalue weighted by Crippen LogP contribution is 2.32. The third-order valence-electron chi connectivity index (χ3n) is 4.02. The molecule has 2 N–H and O–H groups in total. The SMILES string of the molecule is CNC(=O)O[C@@H]1C[C@@H](C)[N@@+](C(=O)O)(C(=O)C(C)CSC(C)=O)C1. The normalized spacial score (nSPS) is 28.0. The Kier molecular flexibility index (Phi) is 6.57. The third kappa shape index (κ3) is 4.23. The van der Waals surface area contributed by atoms with E-state index in [9.17, 15) is 24.3 Å². The van der Waals surface area contributed by atoms with Gasteiger partial charge in [0.2, 0.25) is 0 Å². The minimum atomic E-state index is -1.26. The van der Waals surface area contributed by atoms with Crippen molar-refractivity contribution in [3.63, 3.8) is 0 Å². The summed E-state index contributed by atoms with van der Waals surface area (Å²) in [7, 11) is 1.41. The van der Waals surface area contributed by atoms with E-state index in [-0.39, 0.29) is 23.8 Å². The van der Waals surface area contributed by atoms with Gasteiger partial charge >= 0.3 is 18.1 Å². The molecule has 130 valence electrons. The topological polar surface area (TPSA) is 110 Å². The molecule has 1 heterocycles. The second-order valence-corrected chi connectivity index (χ2v) is 6.93. The number of amides is 3. The summed E-state index contributed by atoms with van der Waals surface area (Å²) in [5.74, 6) is -0.835. The molecular formula is C14H23N2O6S+. The molecule has 0 aromatic heterocycles. The first-order valence-electron chi connectivity index (χ1n) is 7.32. The van der Waals surface area contributed by atoms with Gasteiger partial charge in [-0.3, -0.25) is 4.79 Å². The lowest BCUT2D eigenvalue weighted by Crippen LogP contribution is -2.61. The zero-order chi connectivity index (χ0) is 17.8. The van der Waals surface area contributed by atoms with Gasteiger partial charge < -0.3 is 15.2 Å². The Morgan fingerprint density at radius 1 is 1.39 bits per heavy atom. The van der Waals surface area contributed by atoms with Crippen LogP contribution in [0.3, 0.4) is 0 Å². The van der Waals surface area contributed by atoms with E-state index in [4.69, 9.17) is 4.74 Å². The van der Waals surface area contributed by atoms with E-state index in [1.165, 1.54) is 14.0 Å². The maximum atomic E-state index is 12.7. The van der Waals surface area contributed by atoms with Gasteiger partial charge in [0.05, 0.1) is 5.92 Å². The Hall–Kier alpha value is -1.61. The smallest absolute Gasteiger partial charge is 0.440 e. The molecule has 1 aliphatic rings. The van der Waals surface area contributed by atoms with Crippen LogP contribution in [0.15, 0.2) is 0 Å². The number of hydrogen-bond acceptors (Lipinski definition) is 6. The summed E-state index contributed by atoms with van der Waals surface area (Å²) in [6, 6.07) is -0.514. The van der Waals surface area contributed by atoms with Crippen LogP contribution < -0.4 is 5.32 Å². The van der Waals surface area contributed by atoms with Gasteiger partial charge in [-0.25, -0.2) is 9.59 Å². The second kappa shape index (κ2) is 7.78. The van der Waals surface area contributed by atoms with Crippen LogP contribution in [-0.2, 0) is 14.3 Å². The molecular weight excluding hydrogens is 324 g/mol. The molecule has 0 spiro atoms. The average Bonchev–Trinajstić information content (AvgIpc) is 2.80. The molecule has 4 atom stereocenters. The number of nitrogens with zero attached hydrogens (tertiary/aromatic N) is 1. The number of likely N-dealkylation sites (tertiary alicyclic amines) is 1. The summed E-state index contributed by atoms with van der Waals surface area (Å²) in [4.78, 5) is 46.9. The van der Waals surface area contributed by atoms with E-state index >= 15 is 0 Å². The highest BCUT2D eigenvalue weighted by Gasteiger charge is 2.58. The summed E-state index contributed by atoms with van der Waals surface area (Å²) in [5, 5.41) is 11.8. The van der Waals surface area contributed by atoms with Crippen LogP contribution in [0.5, 0.6) is 0 Å². The summed E-state index contributed by atoms with van der Waals surface area (Å²) >= 11 is 0.995. The average molecular weight is 347 g/mol. The summed E-state index contributed by atoms with van der Waals surface area (Å²) in [6.07, 6.45) is -2.26. The number of nitrogens with one attached hydrogen (secondary N) is 1. The van der Waals surface area contributed by atoms with Crippen molar-refractivity contribution in [1.29, 1.82) is 0 Å². The van der Waals surface area contributed by atoms with Crippen molar-refractivity contribution in [2.75, 3.05) is 19.3 Å². The Morgan fingerprint density at radius 3 is 2.48 bits per heavy atom.